The highest BCUT2D eigenvalue weighted by Crippen LogP contribution is 2.34. The van der Waals surface area contributed by atoms with Crippen LogP contribution in [0.3, 0.4) is 0 Å². The number of urea groups is 1. The van der Waals surface area contributed by atoms with Crippen molar-refractivity contribution in [1.82, 2.24) is 4.90 Å². The highest BCUT2D eigenvalue weighted by molar-refractivity contribution is 7.18. The van der Waals surface area contributed by atoms with Gasteiger partial charge in [0.15, 0.2) is 0 Å². The van der Waals surface area contributed by atoms with Crippen LogP contribution in [0.5, 0.6) is 0 Å². The molecule has 0 aliphatic heterocycles. The molecular formula is C31H46N2O5S. The number of hydrogen-bond acceptors (Lipinski definition) is 5. The van der Waals surface area contributed by atoms with Crippen molar-refractivity contribution in [3.05, 3.63) is 51.9 Å². The number of benzene rings is 1. The van der Waals surface area contributed by atoms with Gasteiger partial charge in [-0.25, -0.2) is 14.4 Å². The summed E-state index contributed by atoms with van der Waals surface area (Å²) in [7, 11) is 0. The molecule has 0 bridgehead atoms. The molecule has 2 aromatic rings. The second kappa shape index (κ2) is 18.4. The van der Waals surface area contributed by atoms with E-state index in [2.05, 4.69) is 19.2 Å². The molecule has 0 saturated heterocycles. The molecule has 0 saturated carbocycles. The SMILES string of the molecule is CCCCCCCCN(CCCCCCCC)C(=O)Nc1sc(C(=O)OCc2ccccc2)c(C)c1C(=O)O. The maximum absolute atomic E-state index is 13.3. The average molecular weight is 559 g/mol. The highest BCUT2D eigenvalue weighted by Gasteiger charge is 2.27. The Balaban J connectivity index is 2.08. The molecule has 216 valence electrons. The number of ether oxygens (including phenoxy) is 1. The summed E-state index contributed by atoms with van der Waals surface area (Å²) in [5, 5.41) is 12.9. The summed E-state index contributed by atoms with van der Waals surface area (Å²) in [6.07, 6.45) is 13.5. The molecule has 1 aromatic carbocycles. The van der Waals surface area contributed by atoms with Gasteiger partial charge in [0.1, 0.15) is 16.5 Å². The van der Waals surface area contributed by atoms with E-state index in [1.54, 1.807) is 11.8 Å². The fourth-order valence-corrected chi connectivity index (χ4v) is 5.58. The zero-order chi connectivity index (χ0) is 28.5. The minimum Gasteiger partial charge on any atom is -0.478 e. The predicted octanol–water partition coefficient (Wildman–Crippen LogP) is 8.67. The van der Waals surface area contributed by atoms with Gasteiger partial charge in [-0.05, 0) is 30.9 Å². The van der Waals surface area contributed by atoms with E-state index in [-0.39, 0.29) is 28.1 Å². The van der Waals surface area contributed by atoms with Gasteiger partial charge in [0, 0.05) is 13.1 Å². The normalized spacial score (nSPS) is 10.8. The third-order valence-corrected chi connectivity index (χ3v) is 8.02. The summed E-state index contributed by atoms with van der Waals surface area (Å²) in [6, 6.07) is 8.99. The topological polar surface area (TPSA) is 95.9 Å². The van der Waals surface area contributed by atoms with Crippen LogP contribution in [0, 0.1) is 6.92 Å². The van der Waals surface area contributed by atoms with E-state index in [4.69, 9.17) is 4.74 Å². The van der Waals surface area contributed by atoms with Crippen molar-refractivity contribution >= 4 is 34.3 Å². The number of carboxylic acids is 1. The predicted molar refractivity (Wildman–Crippen MR) is 159 cm³/mol. The molecule has 1 aromatic heterocycles. The van der Waals surface area contributed by atoms with Crippen LogP contribution >= 0.6 is 11.3 Å². The number of rotatable bonds is 19. The van der Waals surface area contributed by atoms with Crippen LogP contribution in [-0.2, 0) is 11.3 Å². The van der Waals surface area contributed by atoms with E-state index in [0.717, 1.165) is 55.4 Å². The van der Waals surface area contributed by atoms with Crippen molar-refractivity contribution in [2.75, 3.05) is 18.4 Å². The smallest absolute Gasteiger partial charge is 0.349 e. The first-order chi connectivity index (χ1) is 18.9. The lowest BCUT2D eigenvalue weighted by molar-refractivity contribution is 0.0477. The molecule has 2 rings (SSSR count). The fraction of sp³-hybridized carbons (Fsp3) is 0.581. The van der Waals surface area contributed by atoms with Crippen LogP contribution < -0.4 is 5.32 Å². The van der Waals surface area contributed by atoms with E-state index < -0.39 is 11.9 Å². The number of esters is 1. The number of amides is 2. The Morgan fingerprint density at radius 3 is 1.92 bits per heavy atom. The molecule has 0 fully saturated rings. The summed E-state index contributed by atoms with van der Waals surface area (Å²) in [6.45, 7) is 7.32. The standard InChI is InChI=1S/C31H46N2O5S/c1-4-6-8-10-12-17-21-33(22-18-13-11-9-7-5-2)31(37)32-28-26(29(34)35)24(3)27(39-28)30(36)38-23-25-19-15-14-16-20-25/h14-16,19-20H,4-13,17-18,21-23H2,1-3H3,(H,32,37)(H,34,35). The Morgan fingerprint density at radius 1 is 0.846 bits per heavy atom. The number of carboxylic acid groups (broad SMARTS) is 1. The Hall–Kier alpha value is -2.87. The fourth-order valence-electron chi connectivity index (χ4n) is 4.50. The molecule has 0 atom stereocenters. The van der Waals surface area contributed by atoms with Gasteiger partial charge >= 0.3 is 18.0 Å². The number of thiophene rings is 1. The number of nitrogens with zero attached hydrogens (tertiary/aromatic N) is 1. The van der Waals surface area contributed by atoms with E-state index in [9.17, 15) is 19.5 Å². The molecule has 0 unspecified atom stereocenters. The van der Waals surface area contributed by atoms with Gasteiger partial charge in [-0.1, -0.05) is 108 Å². The molecule has 0 aliphatic rings. The Labute approximate surface area is 237 Å². The van der Waals surface area contributed by atoms with Gasteiger partial charge in [0.25, 0.3) is 0 Å². The van der Waals surface area contributed by atoms with Crippen molar-refractivity contribution in [3.63, 3.8) is 0 Å². The maximum Gasteiger partial charge on any atom is 0.349 e. The maximum atomic E-state index is 13.3. The first-order valence-corrected chi connectivity index (χ1v) is 15.3. The average Bonchev–Trinajstić information content (AvgIpc) is 3.26. The van der Waals surface area contributed by atoms with E-state index >= 15 is 0 Å². The summed E-state index contributed by atoms with van der Waals surface area (Å²) in [5.74, 6) is -1.78. The monoisotopic (exact) mass is 558 g/mol. The number of carbonyl (C=O) groups excluding carboxylic acids is 2. The van der Waals surface area contributed by atoms with E-state index in [1.807, 2.05) is 30.3 Å². The highest BCUT2D eigenvalue weighted by atomic mass is 32.1. The number of aromatic carboxylic acids is 1. The zero-order valence-corrected chi connectivity index (χ0v) is 24.7. The lowest BCUT2D eigenvalue weighted by Gasteiger charge is -2.23. The van der Waals surface area contributed by atoms with Crippen molar-refractivity contribution in [1.29, 1.82) is 0 Å². The summed E-state index contributed by atoms with van der Waals surface area (Å²) >= 11 is 0.964. The van der Waals surface area contributed by atoms with Crippen LogP contribution in [0.4, 0.5) is 9.80 Å². The van der Waals surface area contributed by atoms with Gasteiger partial charge < -0.3 is 14.7 Å². The third-order valence-electron chi connectivity index (χ3n) is 6.83. The summed E-state index contributed by atoms with van der Waals surface area (Å²) in [5.41, 5.74) is 1.09. The van der Waals surface area contributed by atoms with Crippen LogP contribution in [0.25, 0.3) is 0 Å². The molecule has 7 nitrogen and oxygen atoms in total. The number of anilines is 1. The number of hydrogen-bond donors (Lipinski definition) is 2. The van der Waals surface area contributed by atoms with Gasteiger partial charge in [-0.15, -0.1) is 11.3 Å². The molecule has 2 amide bonds. The van der Waals surface area contributed by atoms with Crippen molar-refractivity contribution in [3.8, 4) is 0 Å². The van der Waals surface area contributed by atoms with Crippen LogP contribution in [-0.4, -0.2) is 41.1 Å². The molecule has 39 heavy (non-hydrogen) atoms. The van der Waals surface area contributed by atoms with Crippen LogP contribution in [0.15, 0.2) is 30.3 Å². The lowest BCUT2D eigenvalue weighted by atomic mass is 10.1. The first-order valence-electron chi connectivity index (χ1n) is 14.5. The molecule has 0 spiro atoms. The van der Waals surface area contributed by atoms with Crippen LogP contribution in [0.2, 0.25) is 0 Å². The number of unbranched alkanes of at least 4 members (excludes halogenated alkanes) is 10. The molecule has 1 heterocycles. The van der Waals surface area contributed by atoms with Gasteiger partial charge in [0.05, 0.1) is 5.56 Å². The van der Waals surface area contributed by atoms with Crippen molar-refractivity contribution < 1.29 is 24.2 Å². The second-order valence-corrected chi connectivity index (χ2v) is 11.1. The first kappa shape index (κ1) is 32.3. The van der Waals surface area contributed by atoms with Gasteiger partial charge in [0.2, 0.25) is 0 Å². The summed E-state index contributed by atoms with van der Waals surface area (Å²) in [4.78, 5) is 40.2. The molecular weight excluding hydrogens is 512 g/mol. The minimum absolute atomic E-state index is 0.0564. The molecule has 0 radical (unpaired) electrons. The Kier molecular flexibility index (Phi) is 15.3. The quantitative estimate of drug-likeness (QED) is 0.133. The molecule has 0 aliphatic carbocycles. The number of carbonyl (C=O) groups is 3. The lowest BCUT2D eigenvalue weighted by Crippen LogP contribution is -2.36. The van der Waals surface area contributed by atoms with E-state index in [0.29, 0.717) is 18.7 Å². The van der Waals surface area contributed by atoms with E-state index in [1.165, 1.54) is 38.5 Å². The third kappa shape index (κ3) is 11.4. The van der Waals surface area contributed by atoms with Gasteiger partial charge in [-0.3, -0.25) is 5.32 Å². The van der Waals surface area contributed by atoms with Crippen molar-refractivity contribution in [2.45, 2.75) is 104 Å². The van der Waals surface area contributed by atoms with Gasteiger partial charge in [-0.2, -0.15) is 0 Å². The Bertz CT molecular complexity index is 1010. The zero-order valence-electron chi connectivity index (χ0n) is 23.9. The molecule has 8 heteroatoms. The van der Waals surface area contributed by atoms with Crippen molar-refractivity contribution in [2.24, 2.45) is 0 Å². The summed E-state index contributed by atoms with van der Waals surface area (Å²) < 4.78 is 5.44. The van der Waals surface area contributed by atoms with Crippen LogP contribution in [0.1, 0.15) is 122 Å². The molecule has 2 N–H and O–H groups in total. The number of nitrogens with one attached hydrogen (secondary N) is 1. The second-order valence-electron chi connectivity index (χ2n) is 10.1. The Morgan fingerprint density at radius 2 is 1.38 bits per heavy atom. The largest absolute Gasteiger partial charge is 0.478 e. The minimum atomic E-state index is -1.18.